The Morgan fingerprint density at radius 3 is 2.55 bits per heavy atom. The smallest absolute Gasteiger partial charge is 0.257 e. The summed E-state index contributed by atoms with van der Waals surface area (Å²) in [7, 11) is 0. The molecule has 7 nitrogen and oxygen atoms in total. The van der Waals surface area contributed by atoms with Gasteiger partial charge in [-0.15, -0.1) is 0 Å². The maximum Gasteiger partial charge on any atom is 0.257 e. The Balaban J connectivity index is 2.14. The van der Waals surface area contributed by atoms with E-state index in [1.54, 1.807) is 25.1 Å². The van der Waals surface area contributed by atoms with Crippen molar-refractivity contribution in [2.75, 3.05) is 5.73 Å². The number of nitrogens with two attached hydrogens (primary N) is 1. The van der Waals surface area contributed by atoms with Crippen LogP contribution in [0.5, 0.6) is 0 Å². The second kappa shape index (κ2) is 4.30. The molecule has 0 radical (unpaired) electrons. The Labute approximate surface area is 127 Å². The third kappa shape index (κ3) is 1.69. The van der Waals surface area contributed by atoms with E-state index in [0.29, 0.717) is 5.56 Å². The van der Waals surface area contributed by atoms with Crippen molar-refractivity contribution in [3.8, 4) is 0 Å². The quantitative estimate of drug-likeness (QED) is 0.502. The van der Waals surface area contributed by atoms with Crippen LogP contribution in [0.4, 0.5) is 5.69 Å². The van der Waals surface area contributed by atoms with Crippen LogP contribution in [0.2, 0.25) is 0 Å². The molecule has 1 aromatic carbocycles. The monoisotopic (exact) mass is 303 g/mol. The number of anilines is 1. The molecule has 3 amide bonds. The van der Waals surface area contributed by atoms with Gasteiger partial charge in [0.2, 0.25) is 5.91 Å². The highest BCUT2D eigenvalue weighted by molar-refractivity contribution is 6.08. The van der Waals surface area contributed by atoms with Gasteiger partial charge in [0.25, 0.3) is 11.8 Å². The first-order valence-electron chi connectivity index (χ1n) is 7.00. The number of carbonyl (C=O) groups excluding carboxylic acids is 3. The zero-order valence-corrected chi connectivity index (χ0v) is 12.3. The standard InChI is InChI=1S/C15H17N3O4/c1-14(7-6-10(19)17-13(14)21)18-12(20)8-4-3-5-9(16)11(8)15(18,2)22/h3-5,22H,6-7,16H2,1-2H3,(H,17,19,21). The van der Waals surface area contributed by atoms with Crippen LogP contribution in [-0.2, 0) is 15.3 Å². The molecule has 2 aliphatic heterocycles. The minimum atomic E-state index is -1.72. The molecule has 4 N–H and O–H groups in total. The molecular weight excluding hydrogens is 286 g/mol. The molecule has 0 bridgehead atoms. The van der Waals surface area contributed by atoms with Crippen LogP contribution in [0.25, 0.3) is 0 Å². The minimum Gasteiger partial charge on any atom is -0.398 e. The number of rotatable bonds is 1. The van der Waals surface area contributed by atoms with Gasteiger partial charge in [0.1, 0.15) is 5.54 Å². The molecule has 7 heteroatoms. The molecule has 2 atom stereocenters. The van der Waals surface area contributed by atoms with Crippen molar-refractivity contribution in [1.82, 2.24) is 10.2 Å². The summed E-state index contributed by atoms with van der Waals surface area (Å²) in [6.45, 7) is 2.98. The van der Waals surface area contributed by atoms with Crippen molar-refractivity contribution < 1.29 is 19.5 Å². The normalized spacial score (nSPS) is 31.2. The third-order valence-electron chi connectivity index (χ3n) is 4.51. The number of fused-ring (bicyclic) bond motifs is 1. The lowest BCUT2D eigenvalue weighted by Crippen LogP contribution is -2.65. The van der Waals surface area contributed by atoms with E-state index in [-0.39, 0.29) is 30.0 Å². The summed E-state index contributed by atoms with van der Waals surface area (Å²) in [5, 5.41) is 13.2. The molecule has 22 heavy (non-hydrogen) atoms. The third-order valence-corrected chi connectivity index (χ3v) is 4.51. The van der Waals surface area contributed by atoms with Crippen molar-refractivity contribution in [3.05, 3.63) is 29.3 Å². The van der Waals surface area contributed by atoms with Gasteiger partial charge in [-0.2, -0.15) is 0 Å². The van der Waals surface area contributed by atoms with Crippen LogP contribution in [-0.4, -0.2) is 33.3 Å². The van der Waals surface area contributed by atoms with E-state index in [0.717, 1.165) is 4.90 Å². The summed E-state index contributed by atoms with van der Waals surface area (Å²) in [6, 6.07) is 4.78. The maximum absolute atomic E-state index is 12.7. The topological polar surface area (TPSA) is 113 Å². The van der Waals surface area contributed by atoms with E-state index in [4.69, 9.17) is 5.73 Å². The van der Waals surface area contributed by atoms with Crippen LogP contribution in [0, 0.1) is 0 Å². The Kier molecular flexibility index (Phi) is 2.84. The first-order chi connectivity index (χ1) is 10.2. The van der Waals surface area contributed by atoms with Crippen LogP contribution in [0.3, 0.4) is 0 Å². The zero-order chi connectivity index (χ0) is 16.3. The first kappa shape index (κ1) is 14.5. The summed E-state index contributed by atoms with van der Waals surface area (Å²) in [6.07, 6.45) is 0.251. The van der Waals surface area contributed by atoms with Gasteiger partial charge in [-0.1, -0.05) is 6.07 Å². The van der Waals surface area contributed by atoms with Gasteiger partial charge in [-0.05, 0) is 32.4 Å². The van der Waals surface area contributed by atoms with E-state index in [1.165, 1.54) is 6.92 Å². The van der Waals surface area contributed by atoms with Crippen LogP contribution in [0.15, 0.2) is 18.2 Å². The molecule has 116 valence electrons. The number of nitrogens with zero attached hydrogens (tertiary/aromatic N) is 1. The van der Waals surface area contributed by atoms with Crippen molar-refractivity contribution in [2.24, 2.45) is 0 Å². The van der Waals surface area contributed by atoms with Gasteiger partial charge < -0.3 is 10.8 Å². The average Bonchev–Trinajstić information content (AvgIpc) is 2.63. The second-order valence-electron chi connectivity index (χ2n) is 6.08. The van der Waals surface area contributed by atoms with E-state index in [2.05, 4.69) is 5.32 Å². The molecule has 1 fully saturated rings. The number of aliphatic hydroxyl groups is 1. The highest BCUT2D eigenvalue weighted by Gasteiger charge is 2.57. The number of piperidine rings is 1. The molecule has 1 saturated heterocycles. The summed E-state index contributed by atoms with van der Waals surface area (Å²) in [4.78, 5) is 37.6. The maximum atomic E-state index is 12.7. The highest BCUT2D eigenvalue weighted by Crippen LogP contribution is 2.45. The molecule has 1 aromatic rings. The van der Waals surface area contributed by atoms with E-state index < -0.39 is 23.1 Å². The summed E-state index contributed by atoms with van der Waals surface area (Å²) < 4.78 is 0. The first-order valence-corrected chi connectivity index (χ1v) is 7.00. The Hall–Kier alpha value is -2.41. The lowest BCUT2D eigenvalue weighted by molar-refractivity contribution is -0.159. The largest absolute Gasteiger partial charge is 0.398 e. The molecule has 3 rings (SSSR count). The Morgan fingerprint density at radius 2 is 1.95 bits per heavy atom. The number of hydrogen-bond donors (Lipinski definition) is 3. The number of nitrogen functional groups attached to an aromatic ring is 1. The van der Waals surface area contributed by atoms with E-state index in [9.17, 15) is 19.5 Å². The predicted molar refractivity (Wildman–Crippen MR) is 77.4 cm³/mol. The van der Waals surface area contributed by atoms with Crippen molar-refractivity contribution in [2.45, 2.75) is 38.0 Å². The summed E-state index contributed by atoms with van der Waals surface area (Å²) in [5.41, 5.74) is 3.73. The SMILES string of the molecule is CC1(N2C(=O)c3cccc(N)c3C2(C)O)CCC(=O)NC1=O. The number of imide groups is 1. The Morgan fingerprint density at radius 1 is 1.27 bits per heavy atom. The molecule has 2 unspecified atom stereocenters. The number of amides is 3. The zero-order valence-electron chi connectivity index (χ0n) is 12.3. The van der Waals surface area contributed by atoms with Crippen LogP contribution >= 0.6 is 0 Å². The molecule has 0 spiro atoms. The molecule has 0 aromatic heterocycles. The van der Waals surface area contributed by atoms with Gasteiger partial charge in [0, 0.05) is 23.2 Å². The molecule has 0 aliphatic carbocycles. The van der Waals surface area contributed by atoms with E-state index >= 15 is 0 Å². The minimum absolute atomic E-state index is 0.105. The fraction of sp³-hybridized carbons (Fsp3) is 0.400. The van der Waals surface area contributed by atoms with Gasteiger partial charge in [0.05, 0.1) is 0 Å². The van der Waals surface area contributed by atoms with Crippen molar-refractivity contribution >= 4 is 23.4 Å². The molecular formula is C15H17N3O4. The van der Waals surface area contributed by atoms with Gasteiger partial charge in [-0.25, -0.2) is 0 Å². The highest BCUT2D eigenvalue weighted by atomic mass is 16.3. The lowest BCUT2D eigenvalue weighted by Gasteiger charge is -2.45. The molecule has 2 heterocycles. The van der Waals surface area contributed by atoms with Crippen molar-refractivity contribution in [1.29, 1.82) is 0 Å². The van der Waals surface area contributed by atoms with Gasteiger partial charge in [0.15, 0.2) is 5.72 Å². The van der Waals surface area contributed by atoms with Crippen molar-refractivity contribution in [3.63, 3.8) is 0 Å². The number of nitrogens with one attached hydrogen (secondary N) is 1. The fourth-order valence-corrected chi connectivity index (χ4v) is 3.42. The van der Waals surface area contributed by atoms with Crippen LogP contribution in [0.1, 0.15) is 42.6 Å². The summed E-state index contributed by atoms with van der Waals surface area (Å²) in [5.74, 6) is -1.45. The number of carbonyl (C=O) groups is 3. The van der Waals surface area contributed by atoms with Gasteiger partial charge in [-0.3, -0.25) is 24.6 Å². The molecule has 2 aliphatic rings. The number of benzene rings is 1. The second-order valence-corrected chi connectivity index (χ2v) is 6.08. The van der Waals surface area contributed by atoms with E-state index in [1.807, 2.05) is 0 Å². The predicted octanol–water partition coefficient (Wildman–Crippen LogP) is 0.0849. The summed E-state index contributed by atoms with van der Waals surface area (Å²) >= 11 is 0. The van der Waals surface area contributed by atoms with Gasteiger partial charge >= 0.3 is 0 Å². The van der Waals surface area contributed by atoms with Crippen LogP contribution < -0.4 is 11.1 Å². The number of hydrogen-bond acceptors (Lipinski definition) is 5. The Bertz CT molecular complexity index is 713. The fourth-order valence-electron chi connectivity index (χ4n) is 3.42. The molecule has 0 saturated carbocycles. The average molecular weight is 303 g/mol. The lowest BCUT2D eigenvalue weighted by atomic mass is 9.87.